The van der Waals surface area contributed by atoms with Crippen LogP contribution in [0, 0.1) is 0 Å². The third-order valence-electron chi connectivity index (χ3n) is 10.1. The van der Waals surface area contributed by atoms with Crippen LogP contribution >= 0.6 is 7.82 Å². The Labute approximate surface area is 340 Å². The maximum absolute atomic E-state index is 12.9. The molecule has 3 N–H and O–H groups in total. The number of hydrogen-bond acceptors (Lipinski definition) is 5. The first-order valence-corrected chi connectivity index (χ1v) is 24.4. The maximum Gasteiger partial charge on any atom is 0.472 e. The van der Waals surface area contributed by atoms with Crippen LogP contribution in [0.1, 0.15) is 200 Å². The molecule has 3 atom stereocenters. The molecule has 0 aromatic heterocycles. The van der Waals surface area contributed by atoms with Gasteiger partial charge < -0.3 is 19.8 Å². The van der Waals surface area contributed by atoms with Crippen LogP contribution in [0.3, 0.4) is 0 Å². The van der Waals surface area contributed by atoms with E-state index in [4.69, 9.17) is 9.05 Å². The van der Waals surface area contributed by atoms with E-state index < -0.39 is 20.0 Å². The predicted octanol–water partition coefficient (Wildman–Crippen LogP) is 12.7. The van der Waals surface area contributed by atoms with Crippen LogP contribution in [0.5, 0.6) is 0 Å². The van der Waals surface area contributed by atoms with Gasteiger partial charge >= 0.3 is 7.82 Å². The number of allylic oxidation sites excluding steroid dienone is 5. The van der Waals surface area contributed by atoms with Crippen molar-refractivity contribution in [2.24, 2.45) is 0 Å². The Morgan fingerprint density at radius 3 is 1.45 bits per heavy atom. The second kappa shape index (κ2) is 38.2. The molecule has 0 heterocycles. The Kier molecular flexibility index (Phi) is 37.4. The van der Waals surface area contributed by atoms with Gasteiger partial charge in [-0.25, -0.2) is 4.57 Å². The van der Waals surface area contributed by atoms with Crippen molar-refractivity contribution in [3.8, 4) is 0 Å². The number of aliphatic hydroxyl groups is 1. The predicted molar refractivity (Wildman–Crippen MR) is 235 cm³/mol. The number of hydrogen-bond donors (Lipinski definition) is 3. The van der Waals surface area contributed by atoms with Crippen molar-refractivity contribution < 1.29 is 32.9 Å². The molecule has 324 valence electrons. The van der Waals surface area contributed by atoms with Crippen molar-refractivity contribution in [2.45, 2.75) is 212 Å². The Morgan fingerprint density at radius 1 is 0.600 bits per heavy atom. The molecule has 3 unspecified atom stereocenters. The number of phosphoric ester groups is 1. The van der Waals surface area contributed by atoms with Crippen LogP contribution in [0.4, 0.5) is 0 Å². The maximum atomic E-state index is 12.9. The van der Waals surface area contributed by atoms with Crippen LogP contribution in [-0.4, -0.2) is 73.4 Å². The topological polar surface area (TPSA) is 105 Å². The van der Waals surface area contributed by atoms with E-state index in [1.807, 2.05) is 27.2 Å². The SMILES string of the molecule is CCCCCCCCCC/C=C/CC/C=C/CC/C=C/C(O)C(COP(=O)(O)OCC[N+](C)(C)C)NC(=O)CCCCCCCCCCCCCCCCC. The summed E-state index contributed by atoms with van der Waals surface area (Å²) in [5.41, 5.74) is 0. The number of phosphoric acid groups is 1. The molecule has 0 aliphatic heterocycles. The highest BCUT2D eigenvalue weighted by Gasteiger charge is 2.27. The van der Waals surface area contributed by atoms with E-state index in [2.05, 4.69) is 43.5 Å². The third-order valence-corrected chi connectivity index (χ3v) is 11.1. The van der Waals surface area contributed by atoms with Gasteiger partial charge in [0, 0.05) is 6.42 Å². The monoisotopic (exact) mass is 798 g/mol. The van der Waals surface area contributed by atoms with Gasteiger partial charge in [-0.3, -0.25) is 13.8 Å². The van der Waals surface area contributed by atoms with Crippen LogP contribution in [0.2, 0.25) is 0 Å². The zero-order valence-corrected chi connectivity index (χ0v) is 37.6. The summed E-state index contributed by atoms with van der Waals surface area (Å²) in [4.78, 5) is 23.1. The number of carbonyl (C=O) groups excluding carboxylic acids is 1. The van der Waals surface area contributed by atoms with E-state index >= 15 is 0 Å². The molecule has 0 spiro atoms. The lowest BCUT2D eigenvalue weighted by molar-refractivity contribution is -0.870. The number of nitrogens with zero attached hydrogens (tertiary/aromatic N) is 1. The van der Waals surface area contributed by atoms with E-state index in [0.29, 0.717) is 17.4 Å². The van der Waals surface area contributed by atoms with Crippen molar-refractivity contribution >= 4 is 13.7 Å². The van der Waals surface area contributed by atoms with Crippen LogP contribution in [0.25, 0.3) is 0 Å². The summed E-state index contributed by atoms with van der Waals surface area (Å²) in [6.07, 6.45) is 46.4. The minimum absolute atomic E-state index is 0.0546. The molecule has 0 aliphatic carbocycles. The lowest BCUT2D eigenvalue weighted by Gasteiger charge is -2.25. The highest BCUT2D eigenvalue weighted by atomic mass is 31.2. The van der Waals surface area contributed by atoms with Gasteiger partial charge in [-0.1, -0.05) is 185 Å². The molecule has 0 rings (SSSR count). The molecule has 0 radical (unpaired) electrons. The molecule has 0 aromatic rings. The number of aliphatic hydroxyl groups excluding tert-OH is 1. The van der Waals surface area contributed by atoms with E-state index in [9.17, 15) is 19.4 Å². The van der Waals surface area contributed by atoms with Gasteiger partial charge in [0.2, 0.25) is 5.91 Å². The summed E-state index contributed by atoms with van der Waals surface area (Å²) in [7, 11) is 1.55. The molecule has 1 amide bonds. The molecule has 8 nitrogen and oxygen atoms in total. The summed E-state index contributed by atoms with van der Waals surface area (Å²) in [5, 5.41) is 13.8. The summed E-state index contributed by atoms with van der Waals surface area (Å²) in [5.74, 6) is -0.191. The summed E-state index contributed by atoms with van der Waals surface area (Å²) < 4.78 is 23.5. The molecular weight excluding hydrogens is 707 g/mol. The average molecular weight is 798 g/mol. The van der Waals surface area contributed by atoms with E-state index in [0.717, 1.165) is 44.9 Å². The summed E-state index contributed by atoms with van der Waals surface area (Å²) in [6, 6.07) is -0.865. The molecule has 0 bridgehead atoms. The number of amides is 1. The number of quaternary nitrogens is 1. The number of rotatable bonds is 41. The lowest BCUT2D eigenvalue weighted by Crippen LogP contribution is -2.45. The molecule has 9 heteroatoms. The number of nitrogens with one attached hydrogen (secondary N) is 1. The molecule has 0 saturated carbocycles. The fourth-order valence-electron chi connectivity index (χ4n) is 6.43. The Balaban J connectivity index is 4.48. The summed E-state index contributed by atoms with van der Waals surface area (Å²) in [6.45, 7) is 4.78. The number of carbonyl (C=O) groups is 1. The van der Waals surface area contributed by atoms with Crippen LogP contribution in [0.15, 0.2) is 36.5 Å². The standard InChI is InChI=1S/C46H89N2O6P/c1-6-8-10-12-14-16-18-20-22-23-24-26-27-29-31-33-35-37-39-45(49)44(43-54-55(51,52)53-42-41-48(3,4)5)47-46(50)40-38-36-34-32-30-28-25-21-19-17-15-13-11-9-7-2/h23-24,29,31,37,39,44-45,49H,6-22,25-28,30,32-36,38,40-43H2,1-5H3,(H-,47,50,51,52)/p+1/b24-23+,31-29+,39-37+. The van der Waals surface area contributed by atoms with Crippen LogP contribution in [-0.2, 0) is 18.4 Å². The Morgan fingerprint density at radius 2 is 1.00 bits per heavy atom. The molecule has 0 aromatic carbocycles. The number of unbranched alkanes of at least 4 members (excludes halogenated alkanes) is 24. The zero-order chi connectivity index (χ0) is 40.7. The van der Waals surface area contributed by atoms with Gasteiger partial charge in [0.25, 0.3) is 0 Å². The van der Waals surface area contributed by atoms with E-state index in [1.54, 1.807) is 6.08 Å². The van der Waals surface area contributed by atoms with Crippen molar-refractivity contribution in [2.75, 3.05) is 40.9 Å². The Hall–Kier alpha value is -1.28. The van der Waals surface area contributed by atoms with Gasteiger partial charge in [0.05, 0.1) is 39.9 Å². The van der Waals surface area contributed by atoms with Crippen molar-refractivity contribution in [3.63, 3.8) is 0 Å². The Bertz CT molecular complexity index is 995. The minimum atomic E-state index is -4.35. The summed E-state index contributed by atoms with van der Waals surface area (Å²) >= 11 is 0. The van der Waals surface area contributed by atoms with Gasteiger partial charge in [-0.2, -0.15) is 0 Å². The molecule has 0 fully saturated rings. The molecule has 0 saturated heterocycles. The van der Waals surface area contributed by atoms with Gasteiger partial charge in [0.1, 0.15) is 13.2 Å². The third kappa shape index (κ3) is 40.7. The first kappa shape index (κ1) is 53.7. The van der Waals surface area contributed by atoms with E-state index in [-0.39, 0.29) is 19.1 Å². The highest BCUT2D eigenvalue weighted by molar-refractivity contribution is 7.47. The van der Waals surface area contributed by atoms with Gasteiger partial charge in [-0.15, -0.1) is 0 Å². The second-order valence-corrected chi connectivity index (χ2v) is 18.2. The van der Waals surface area contributed by atoms with Crippen molar-refractivity contribution in [3.05, 3.63) is 36.5 Å². The molecule has 55 heavy (non-hydrogen) atoms. The smallest absolute Gasteiger partial charge is 0.387 e. The number of likely N-dealkylation sites (N-methyl/N-ethyl adjacent to an activating group) is 1. The van der Waals surface area contributed by atoms with Crippen molar-refractivity contribution in [1.29, 1.82) is 0 Å². The van der Waals surface area contributed by atoms with Crippen LogP contribution < -0.4 is 5.32 Å². The van der Waals surface area contributed by atoms with Gasteiger partial charge in [-0.05, 0) is 44.9 Å². The first-order valence-electron chi connectivity index (χ1n) is 22.9. The quantitative estimate of drug-likeness (QED) is 0.0246. The molecular formula is C46H90N2O6P+. The van der Waals surface area contributed by atoms with E-state index in [1.165, 1.54) is 135 Å². The average Bonchev–Trinajstić information content (AvgIpc) is 3.13. The first-order chi connectivity index (χ1) is 26.5. The lowest BCUT2D eigenvalue weighted by atomic mass is 10.0. The fraction of sp³-hybridized carbons (Fsp3) is 0.848. The minimum Gasteiger partial charge on any atom is -0.387 e. The largest absolute Gasteiger partial charge is 0.472 e. The van der Waals surface area contributed by atoms with Gasteiger partial charge in [0.15, 0.2) is 0 Å². The zero-order valence-electron chi connectivity index (χ0n) is 36.7. The second-order valence-electron chi connectivity index (χ2n) is 16.8. The normalized spacial score (nSPS) is 14.7. The molecule has 0 aliphatic rings. The highest BCUT2D eigenvalue weighted by Crippen LogP contribution is 2.43. The van der Waals surface area contributed by atoms with Crippen molar-refractivity contribution in [1.82, 2.24) is 5.32 Å². The fourth-order valence-corrected chi connectivity index (χ4v) is 7.16.